The molecule has 0 spiro atoms. The first-order valence-corrected chi connectivity index (χ1v) is 9.20. The van der Waals surface area contributed by atoms with E-state index in [4.69, 9.17) is 104 Å². The van der Waals surface area contributed by atoms with E-state index in [0.717, 1.165) is 0 Å². The first kappa shape index (κ1) is 23.6. The van der Waals surface area contributed by atoms with E-state index in [0.29, 0.717) is 0 Å². The van der Waals surface area contributed by atoms with Crippen molar-refractivity contribution >= 4 is 137 Å². The van der Waals surface area contributed by atoms with Crippen LogP contribution in [0.25, 0.3) is 0 Å². The molecule has 0 fully saturated rings. The molecule has 0 saturated carbocycles. The first-order valence-electron chi connectivity index (χ1n) is 4.38. The molecular formula is C6AlCl9O6. The van der Waals surface area contributed by atoms with Crippen LogP contribution < -0.4 is 0 Å². The topological polar surface area (TPSA) is 78.9 Å². The van der Waals surface area contributed by atoms with Crippen molar-refractivity contribution in [3.05, 3.63) is 0 Å². The molecule has 22 heavy (non-hydrogen) atoms. The van der Waals surface area contributed by atoms with Gasteiger partial charge in [0.15, 0.2) is 0 Å². The largest absolute Gasteiger partial charge is 1.20 e. The summed E-state index contributed by atoms with van der Waals surface area (Å²) in [6.45, 7) is 0. The molecule has 0 aromatic rings. The van der Waals surface area contributed by atoms with Gasteiger partial charge in [-0.15, -0.1) is 0 Å². The molecule has 0 amide bonds. The number of hydrogen-bond acceptors (Lipinski definition) is 6. The van der Waals surface area contributed by atoms with Crippen LogP contribution in [0.5, 0.6) is 0 Å². The van der Waals surface area contributed by atoms with Crippen molar-refractivity contribution in [2.24, 2.45) is 0 Å². The molecule has 0 aliphatic heterocycles. The van der Waals surface area contributed by atoms with Gasteiger partial charge in [-0.1, -0.05) is 104 Å². The molecule has 0 aromatic carbocycles. The van der Waals surface area contributed by atoms with Crippen LogP contribution in [0.15, 0.2) is 0 Å². The molecule has 126 valence electrons. The average Bonchev–Trinajstić information content (AvgIpc) is 2.24. The highest BCUT2D eigenvalue weighted by Gasteiger charge is 2.56. The summed E-state index contributed by atoms with van der Waals surface area (Å²) >= 11 is 43.0. The van der Waals surface area contributed by atoms with Gasteiger partial charge in [0.1, 0.15) is 0 Å². The molecule has 0 heterocycles. The van der Waals surface area contributed by atoms with Gasteiger partial charge < -0.3 is 11.4 Å². The van der Waals surface area contributed by atoms with Crippen molar-refractivity contribution in [3.8, 4) is 0 Å². The summed E-state index contributed by atoms with van der Waals surface area (Å²) in [5.74, 6) is -4.62. The van der Waals surface area contributed by atoms with Gasteiger partial charge in [0.2, 0.25) is 0 Å². The Labute approximate surface area is 173 Å². The third kappa shape index (κ3) is 9.14. The van der Waals surface area contributed by atoms with Crippen LogP contribution in [-0.2, 0) is 25.7 Å². The minimum Gasteiger partial charge on any atom is -0.548 e. The molecule has 0 N–H and O–H groups in total. The second-order valence-corrected chi connectivity index (χ2v) is 11.1. The van der Waals surface area contributed by atoms with Crippen LogP contribution in [0.4, 0.5) is 0 Å². The average molecular weight is 514 g/mol. The Morgan fingerprint density at radius 2 is 0.727 bits per heavy atom. The standard InChI is InChI=1S/3C2HCl3O2.Al/c3*3-2(4,5)1(6)7;/h3*(H,6,7);/q;;;+3/p-3. The summed E-state index contributed by atoms with van der Waals surface area (Å²) < 4.78 is 5.54. The van der Waals surface area contributed by atoms with Gasteiger partial charge in [0, 0.05) is 0 Å². The maximum Gasteiger partial charge on any atom is 1.20 e. The number of halogens is 9. The normalized spacial score (nSPS) is 12.4. The van der Waals surface area contributed by atoms with Crippen molar-refractivity contribution in [2.75, 3.05) is 0 Å². The fourth-order valence-corrected chi connectivity index (χ4v) is 2.81. The van der Waals surface area contributed by atoms with E-state index in [1.807, 2.05) is 0 Å². The number of carbonyl (C=O) groups excluding carboxylic acids is 3. The molecule has 16 heteroatoms. The van der Waals surface area contributed by atoms with Gasteiger partial charge in [-0.2, -0.15) is 0 Å². The van der Waals surface area contributed by atoms with E-state index < -0.39 is 44.4 Å². The van der Waals surface area contributed by atoms with Crippen LogP contribution in [0.3, 0.4) is 0 Å². The Morgan fingerprint density at radius 1 is 0.545 bits per heavy atom. The van der Waals surface area contributed by atoms with E-state index in [2.05, 4.69) is 11.4 Å². The van der Waals surface area contributed by atoms with Crippen LogP contribution >= 0.6 is 104 Å². The summed E-state index contributed by atoms with van der Waals surface area (Å²) in [6, 6.07) is 0. The highest BCUT2D eigenvalue weighted by atomic mass is 35.6. The molecule has 0 saturated heterocycles. The fraction of sp³-hybridized carbons (Fsp3) is 0.500. The predicted molar refractivity (Wildman–Crippen MR) is 84.9 cm³/mol. The van der Waals surface area contributed by atoms with Crippen LogP contribution in [-0.4, -0.2) is 44.4 Å². The smallest absolute Gasteiger partial charge is 0.548 e. The highest BCUT2D eigenvalue weighted by molar-refractivity contribution is 6.78. The van der Waals surface area contributed by atoms with Crippen molar-refractivity contribution in [1.82, 2.24) is 0 Å². The van der Waals surface area contributed by atoms with E-state index in [1.54, 1.807) is 0 Å². The number of rotatable bonds is 3. The monoisotopic (exact) mass is 510 g/mol. The predicted octanol–water partition coefficient (Wildman–Crippen LogP) is 3.71. The van der Waals surface area contributed by atoms with E-state index in [-0.39, 0.29) is 0 Å². The minimum absolute atomic E-state index is 1.54. The van der Waals surface area contributed by atoms with Crippen LogP contribution in [0, 0.1) is 0 Å². The Kier molecular flexibility index (Phi) is 9.39. The molecule has 0 aromatic heterocycles. The maximum absolute atomic E-state index is 11.4. The minimum atomic E-state index is -4.02. The van der Waals surface area contributed by atoms with E-state index in [1.165, 1.54) is 0 Å². The Bertz CT molecular complexity index is 384. The fourth-order valence-electron chi connectivity index (χ4n) is 0.535. The van der Waals surface area contributed by atoms with Gasteiger partial charge in [0.25, 0.3) is 11.4 Å². The Hall–Kier alpha value is 1.55. The quantitative estimate of drug-likeness (QED) is 0.423. The number of alkyl halides is 9. The van der Waals surface area contributed by atoms with E-state index in [9.17, 15) is 14.4 Å². The van der Waals surface area contributed by atoms with Gasteiger partial charge in [-0.3, -0.25) is 14.4 Å². The van der Waals surface area contributed by atoms with Gasteiger partial charge in [-0.25, -0.2) is 0 Å². The lowest BCUT2D eigenvalue weighted by atomic mass is 10.8. The molecule has 0 unspecified atom stereocenters. The van der Waals surface area contributed by atoms with Crippen molar-refractivity contribution in [3.63, 3.8) is 0 Å². The second kappa shape index (κ2) is 8.77. The molecule has 0 radical (unpaired) electrons. The third-order valence-electron chi connectivity index (χ3n) is 1.30. The summed E-state index contributed by atoms with van der Waals surface area (Å²) in [5.41, 5.74) is 0. The molecule has 0 rings (SSSR count). The summed E-state index contributed by atoms with van der Waals surface area (Å²) in [5, 5.41) is 0. The highest BCUT2D eigenvalue weighted by Crippen LogP contribution is 2.31. The molecule has 0 aliphatic rings. The van der Waals surface area contributed by atoms with Crippen LogP contribution in [0.2, 0.25) is 0 Å². The summed E-state index contributed by atoms with van der Waals surface area (Å²) in [6.07, 6.45) is 0. The van der Waals surface area contributed by atoms with Gasteiger partial charge >= 0.3 is 33.1 Å². The van der Waals surface area contributed by atoms with Crippen LogP contribution in [0.1, 0.15) is 0 Å². The molecule has 0 aliphatic carbocycles. The zero-order valence-electron chi connectivity index (χ0n) is 9.43. The first-order chi connectivity index (χ1) is 9.55. The number of carbonyl (C=O) groups is 3. The third-order valence-corrected chi connectivity index (χ3v) is 3.91. The number of hydrogen-bond donors (Lipinski definition) is 0. The maximum atomic E-state index is 11.4. The van der Waals surface area contributed by atoms with Gasteiger partial charge in [0.05, 0.1) is 0 Å². The lowest BCUT2D eigenvalue weighted by Crippen LogP contribution is -2.42. The Balaban J connectivity index is 5.12. The zero-order valence-corrected chi connectivity index (χ0v) is 17.4. The lowest BCUT2D eigenvalue weighted by Gasteiger charge is -2.19. The van der Waals surface area contributed by atoms with Crippen molar-refractivity contribution in [1.29, 1.82) is 0 Å². The van der Waals surface area contributed by atoms with Gasteiger partial charge in [-0.05, 0) is 0 Å². The molecule has 6 nitrogen and oxygen atoms in total. The summed E-state index contributed by atoms with van der Waals surface area (Å²) in [4.78, 5) is 34.1. The van der Waals surface area contributed by atoms with Crippen molar-refractivity contribution < 1.29 is 25.7 Å². The molecular weight excluding hydrogens is 514 g/mol. The Morgan fingerprint density at radius 3 is 0.864 bits per heavy atom. The second-order valence-electron chi connectivity index (χ2n) is 3.00. The summed E-state index contributed by atoms with van der Waals surface area (Å²) in [7, 11) is 0. The molecule has 0 atom stereocenters. The van der Waals surface area contributed by atoms with E-state index >= 15 is 0 Å². The van der Waals surface area contributed by atoms with Crippen molar-refractivity contribution in [2.45, 2.75) is 11.4 Å². The zero-order chi connectivity index (χ0) is 17.9. The SMILES string of the molecule is O=C([O][Al]([O]C(=O)C(Cl)(Cl)Cl)[O]C(=O)C(Cl)(Cl)Cl)C(Cl)(Cl)Cl. The lowest BCUT2D eigenvalue weighted by molar-refractivity contribution is -0.146. The molecule has 0 bridgehead atoms.